The zero-order chi connectivity index (χ0) is 14.7. The Bertz CT molecular complexity index is 596. The summed E-state index contributed by atoms with van der Waals surface area (Å²) in [5.74, 6) is 0.173. The third-order valence-corrected chi connectivity index (χ3v) is 5.20. The second-order valence-electron chi connectivity index (χ2n) is 5.67. The number of thiophene rings is 1. The summed E-state index contributed by atoms with van der Waals surface area (Å²) < 4.78 is 13.6. The number of nitrogens with one attached hydrogen (secondary N) is 1. The van der Waals surface area contributed by atoms with Crippen LogP contribution in [0.25, 0.3) is 0 Å². The van der Waals surface area contributed by atoms with E-state index >= 15 is 0 Å². The van der Waals surface area contributed by atoms with Gasteiger partial charge in [-0.25, -0.2) is 4.39 Å². The van der Waals surface area contributed by atoms with Crippen molar-refractivity contribution in [1.29, 1.82) is 0 Å². The van der Waals surface area contributed by atoms with Gasteiger partial charge in [-0.05, 0) is 60.9 Å². The minimum Gasteiger partial charge on any atom is -0.309 e. The molecule has 0 spiro atoms. The molecule has 2 aromatic heterocycles. The van der Waals surface area contributed by atoms with Gasteiger partial charge in [0.1, 0.15) is 5.82 Å². The Kier molecular flexibility index (Phi) is 4.66. The van der Waals surface area contributed by atoms with Crippen LogP contribution in [-0.4, -0.2) is 11.5 Å². The third-order valence-electron chi connectivity index (χ3n) is 4.20. The monoisotopic (exact) mass is 304 g/mol. The topological polar surface area (TPSA) is 24.9 Å². The quantitative estimate of drug-likeness (QED) is 0.883. The molecule has 0 saturated carbocycles. The Morgan fingerprint density at radius 1 is 1.48 bits per heavy atom. The minimum absolute atomic E-state index is 0.154. The van der Waals surface area contributed by atoms with Crippen molar-refractivity contribution in [2.45, 2.75) is 44.6 Å². The fraction of sp³-hybridized carbons (Fsp3) is 0.471. The van der Waals surface area contributed by atoms with Crippen LogP contribution in [0, 0.1) is 5.82 Å². The van der Waals surface area contributed by atoms with Crippen LogP contribution in [0.15, 0.2) is 29.9 Å². The van der Waals surface area contributed by atoms with Gasteiger partial charge in [-0.15, -0.1) is 11.3 Å². The van der Waals surface area contributed by atoms with Gasteiger partial charge in [-0.3, -0.25) is 4.98 Å². The molecule has 0 amide bonds. The number of halogens is 1. The number of nitrogens with zero attached hydrogens (tertiary/aromatic N) is 1. The molecule has 0 aromatic carbocycles. The van der Waals surface area contributed by atoms with Crippen LogP contribution >= 0.6 is 11.3 Å². The van der Waals surface area contributed by atoms with Crippen LogP contribution in [0.2, 0.25) is 0 Å². The lowest BCUT2D eigenvalue weighted by atomic mass is 9.80. The van der Waals surface area contributed by atoms with Crippen molar-refractivity contribution in [3.05, 3.63) is 51.7 Å². The number of hydrogen-bond donors (Lipinski definition) is 1. The molecule has 2 heterocycles. The average Bonchev–Trinajstić information content (AvgIpc) is 2.97. The Morgan fingerprint density at radius 2 is 2.38 bits per heavy atom. The van der Waals surface area contributed by atoms with Crippen molar-refractivity contribution in [3.63, 3.8) is 0 Å². The zero-order valence-electron chi connectivity index (χ0n) is 12.3. The van der Waals surface area contributed by atoms with E-state index in [1.807, 2.05) is 11.3 Å². The predicted molar refractivity (Wildman–Crippen MR) is 85.2 cm³/mol. The van der Waals surface area contributed by atoms with Gasteiger partial charge in [0.05, 0.1) is 6.20 Å². The Hall–Kier alpha value is -1.26. The van der Waals surface area contributed by atoms with Crippen molar-refractivity contribution < 1.29 is 4.39 Å². The average molecular weight is 304 g/mol. The van der Waals surface area contributed by atoms with E-state index in [0.29, 0.717) is 5.92 Å². The summed E-state index contributed by atoms with van der Waals surface area (Å²) in [7, 11) is 0. The fourth-order valence-corrected chi connectivity index (χ4v) is 4.26. The number of pyridine rings is 1. The molecule has 2 unspecified atom stereocenters. The van der Waals surface area contributed by atoms with E-state index in [4.69, 9.17) is 0 Å². The second-order valence-corrected chi connectivity index (χ2v) is 6.67. The van der Waals surface area contributed by atoms with Crippen LogP contribution in [-0.2, 0) is 6.42 Å². The fourth-order valence-electron chi connectivity index (χ4n) is 3.26. The van der Waals surface area contributed by atoms with E-state index in [9.17, 15) is 4.39 Å². The lowest BCUT2D eigenvalue weighted by Crippen LogP contribution is -2.29. The molecule has 112 valence electrons. The van der Waals surface area contributed by atoms with Crippen LogP contribution in [0.4, 0.5) is 4.39 Å². The molecule has 1 aliphatic rings. The van der Waals surface area contributed by atoms with Crippen molar-refractivity contribution in [3.8, 4) is 0 Å². The number of hydrogen-bond acceptors (Lipinski definition) is 3. The van der Waals surface area contributed by atoms with Gasteiger partial charge in [0.25, 0.3) is 0 Å². The highest BCUT2D eigenvalue weighted by atomic mass is 32.1. The van der Waals surface area contributed by atoms with Gasteiger partial charge in [0.15, 0.2) is 0 Å². The molecule has 0 aliphatic heterocycles. The summed E-state index contributed by atoms with van der Waals surface area (Å²) >= 11 is 1.85. The summed E-state index contributed by atoms with van der Waals surface area (Å²) in [6.07, 6.45) is 7.70. The summed E-state index contributed by atoms with van der Waals surface area (Å²) in [6.45, 7) is 3.10. The maximum absolute atomic E-state index is 13.6. The smallest absolute Gasteiger partial charge is 0.141 e. The Morgan fingerprint density at radius 3 is 3.19 bits per heavy atom. The van der Waals surface area contributed by atoms with Gasteiger partial charge in [0, 0.05) is 23.0 Å². The maximum atomic E-state index is 13.6. The first-order valence-corrected chi connectivity index (χ1v) is 8.57. The van der Waals surface area contributed by atoms with Gasteiger partial charge in [-0.2, -0.15) is 0 Å². The highest BCUT2D eigenvalue weighted by molar-refractivity contribution is 7.10. The molecule has 0 fully saturated rings. The Balaban J connectivity index is 1.93. The highest BCUT2D eigenvalue weighted by Crippen LogP contribution is 2.42. The summed E-state index contributed by atoms with van der Waals surface area (Å²) in [6, 6.07) is 4.03. The molecular weight excluding hydrogens is 283 g/mol. The summed E-state index contributed by atoms with van der Waals surface area (Å²) in [5, 5.41) is 5.80. The molecule has 1 N–H and O–H groups in total. The van der Waals surface area contributed by atoms with E-state index in [1.165, 1.54) is 29.5 Å². The third kappa shape index (κ3) is 3.16. The van der Waals surface area contributed by atoms with Gasteiger partial charge < -0.3 is 5.32 Å². The second kappa shape index (κ2) is 6.67. The molecule has 2 aromatic rings. The number of aryl methyl sites for hydroxylation is 1. The first-order valence-electron chi connectivity index (χ1n) is 7.69. The number of rotatable bonds is 5. The van der Waals surface area contributed by atoms with Crippen LogP contribution in [0.1, 0.15) is 54.1 Å². The molecule has 21 heavy (non-hydrogen) atoms. The summed E-state index contributed by atoms with van der Waals surface area (Å²) in [4.78, 5) is 5.54. The number of aromatic nitrogens is 1. The van der Waals surface area contributed by atoms with Gasteiger partial charge in [0.2, 0.25) is 0 Å². The minimum atomic E-state index is -0.253. The molecule has 3 rings (SSSR count). The van der Waals surface area contributed by atoms with E-state index in [-0.39, 0.29) is 11.9 Å². The maximum Gasteiger partial charge on any atom is 0.141 e. The van der Waals surface area contributed by atoms with Crippen molar-refractivity contribution in [2.75, 3.05) is 6.54 Å². The predicted octanol–water partition coefficient (Wildman–Crippen LogP) is 4.44. The van der Waals surface area contributed by atoms with E-state index in [0.717, 1.165) is 24.9 Å². The molecule has 2 nitrogen and oxygen atoms in total. The van der Waals surface area contributed by atoms with Gasteiger partial charge >= 0.3 is 0 Å². The van der Waals surface area contributed by atoms with Crippen molar-refractivity contribution in [1.82, 2.24) is 10.3 Å². The van der Waals surface area contributed by atoms with Crippen LogP contribution < -0.4 is 5.32 Å². The molecule has 4 heteroatoms. The van der Waals surface area contributed by atoms with E-state index < -0.39 is 0 Å². The normalized spacial score (nSPS) is 19.2. The first kappa shape index (κ1) is 14.7. The molecule has 2 atom stereocenters. The van der Waals surface area contributed by atoms with E-state index in [1.54, 1.807) is 12.3 Å². The highest BCUT2D eigenvalue weighted by Gasteiger charge is 2.29. The first-order chi connectivity index (χ1) is 10.3. The molecular formula is C17H21FN2S. The number of fused-ring (bicyclic) bond motifs is 1. The summed E-state index contributed by atoms with van der Waals surface area (Å²) in [5.41, 5.74) is 2.41. The van der Waals surface area contributed by atoms with Gasteiger partial charge in [-0.1, -0.05) is 6.92 Å². The lowest BCUT2D eigenvalue weighted by Gasteiger charge is -2.31. The standard InChI is InChI=1S/C17H21FN2S/c1-2-7-20-17(12-9-13(18)11-19-10-12)15-4-3-5-16-14(15)6-8-21-16/h6,8-11,15,17,20H,2-5,7H2,1H3. The molecule has 1 aliphatic carbocycles. The molecule has 0 radical (unpaired) electrons. The van der Waals surface area contributed by atoms with Crippen LogP contribution in [0.3, 0.4) is 0 Å². The van der Waals surface area contributed by atoms with E-state index in [2.05, 4.69) is 28.7 Å². The Labute approximate surface area is 129 Å². The lowest BCUT2D eigenvalue weighted by molar-refractivity contribution is 0.402. The SMILES string of the molecule is CCCNC(c1cncc(F)c1)C1CCCc2sccc21. The van der Waals surface area contributed by atoms with Crippen LogP contribution in [0.5, 0.6) is 0 Å². The largest absolute Gasteiger partial charge is 0.309 e. The van der Waals surface area contributed by atoms with Crippen molar-refractivity contribution in [2.24, 2.45) is 0 Å². The molecule has 0 saturated heterocycles. The van der Waals surface area contributed by atoms with Crippen molar-refractivity contribution >= 4 is 11.3 Å². The molecule has 0 bridgehead atoms. The zero-order valence-corrected chi connectivity index (χ0v) is 13.1.